The molecule has 2 aromatic rings. The summed E-state index contributed by atoms with van der Waals surface area (Å²) in [6, 6.07) is 8.07. The molecular formula is C14H16ClN3O. The van der Waals surface area contributed by atoms with Gasteiger partial charge in [-0.1, -0.05) is 36.6 Å². The summed E-state index contributed by atoms with van der Waals surface area (Å²) in [4.78, 5) is 0. The predicted molar refractivity (Wildman–Crippen MR) is 73.8 cm³/mol. The molecule has 0 radical (unpaired) electrons. The molecule has 0 saturated heterocycles. The summed E-state index contributed by atoms with van der Waals surface area (Å²) in [5.74, 6) is 1.09. The first-order valence-electron chi connectivity index (χ1n) is 6.63. The number of halogens is 1. The number of benzene rings is 1. The summed E-state index contributed by atoms with van der Waals surface area (Å²) >= 11 is 6.11. The van der Waals surface area contributed by atoms with Crippen LogP contribution in [0.1, 0.15) is 31.6 Å². The second kappa shape index (κ2) is 5.72. The van der Waals surface area contributed by atoms with Gasteiger partial charge in [-0.2, -0.15) is 0 Å². The molecule has 0 spiro atoms. The summed E-state index contributed by atoms with van der Waals surface area (Å²) in [5, 5.41) is 12.2. The fourth-order valence-corrected chi connectivity index (χ4v) is 2.65. The number of nitrogens with one attached hydrogen (secondary N) is 1. The van der Waals surface area contributed by atoms with Gasteiger partial charge in [-0.3, -0.25) is 0 Å². The van der Waals surface area contributed by atoms with E-state index in [0.717, 1.165) is 5.56 Å². The highest BCUT2D eigenvalue weighted by Gasteiger charge is 2.16. The Balaban J connectivity index is 1.67. The largest absolute Gasteiger partial charge is 0.419 e. The summed E-state index contributed by atoms with van der Waals surface area (Å²) in [6.07, 6.45) is 5.11. The maximum Gasteiger partial charge on any atom is 0.249 e. The number of rotatable bonds is 4. The van der Waals surface area contributed by atoms with E-state index in [2.05, 4.69) is 15.5 Å². The summed E-state index contributed by atoms with van der Waals surface area (Å²) in [6.45, 7) is 0.627. The standard InChI is InChI=1S/C14H16ClN3O/c15-12-8-4-3-7-11(12)14-18-17-13(19-14)9-16-10-5-1-2-6-10/h3-4,7-8,10,16H,1-2,5-6,9H2. The van der Waals surface area contributed by atoms with E-state index in [4.69, 9.17) is 16.0 Å². The summed E-state index contributed by atoms with van der Waals surface area (Å²) < 4.78 is 5.64. The Morgan fingerprint density at radius 2 is 2.00 bits per heavy atom. The van der Waals surface area contributed by atoms with E-state index in [-0.39, 0.29) is 0 Å². The van der Waals surface area contributed by atoms with Crippen LogP contribution in [0.4, 0.5) is 0 Å². The molecule has 0 atom stereocenters. The van der Waals surface area contributed by atoms with E-state index < -0.39 is 0 Å². The molecule has 100 valence electrons. The monoisotopic (exact) mass is 277 g/mol. The second-order valence-corrected chi connectivity index (χ2v) is 5.25. The number of hydrogen-bond donors (Lipinski definition) is 1. The molecule has 0 unspecified atom stereocenters. The topological polar surface area (TPSA) is 51.0 Å². The van der Waals surface area contributed by atoms with Crippen molar-refractivity contribution in [2.24, 2.45) is 0 Å². The van der Waals surface area contributed by atoms with Crippen LogP contribution in [-0.2, 0) is 6.54 Å². The third kappa shape index (κ3) is 2.96. The van der Waals surface area contributed by atoms with Crippen LogP contribution >= 0.6 is 11.6 Å². The fourth-order valence-electron chi connectivity index (χ4n) is 2.43. The Labute approximate surface area is 117 Å². The zero-order chi connectivity index (χ0) is 13.1. The van der Waals surface area contributed by atoms with Gasteiger partial charge in [0, 0.05) is 6.04 Å². The van der Waals surface area contributed by atoms with E-state index in [1.54, 1.807) is 0 Å². The molecule has 4 nitrogen and oxygen atoms in total. The Morgan fingerprint density at radius 3 is 2.79 bits per heavy atom. The first kappa shape index (κ1) is 12.6. The van der Waals surface area contributed by atoms with Gasteiger partial charge >= 0.3 is 0 Å². The highest BCUT2D eigenvalue weighted by Crippen LogP contribution is 2.26. The van der Waals surface area contributed by atoms with Gasteiger partial charge in [-0.05, 0) is 25.0 Å². The molecule has 19 heavy (non-hydrogen) atoms. The molecule has 1 aliphatic carbocycles. The van der Waals surface area contributed by atoms with E-state index in [9.17, 15) is 0 Å². The summed E-state index contributed by atoms with van der Waals surface area (Å²) in [5.41, 5.74) is 0.781. The molecule has 0 amide bonds. The van der Waals surface area contributed by atoms with Gasteiger partial charge in [0.25, 0.3) is 0 Å². The lowest BCUT2D eigenvalue weighted by Crippen LogP contribution is -2.25. The number of hydrogen-bond acceptors (Lipinski definition) is 4. The van der Waals surface area contributed by atoms with Gasteiger partial charge in [0.2, 0.25) is 11.8 Å². The maximum absolute atomic E-state index is 6.11. The molecule has 1 aromatic heterocycles. The van der Waals surface area contributed by atoms with Crippen molar-refractivity contribution in [3.05, 3.63) is 35.2 Å². The first-order chi connectivity index (χ1) is 9.33. The molecule has 1 N–H and O–H groups in total. The van der Waals surface area contributed by atoms with Crippen molar-refractivity contribution in [2.45, 2.75) is 38.3 Å². The molecule has 1 saturated carbocycles. The zero-order valence-electron chi connectivity index (χ0n) is 10.6. The van der Waals surface area contributed by atoms with Crippen LogP contribution in [0.25, 0.3) is 11.5 Å². The molecule has 3 rings (SSSR count). The van der Waals surface area contributed by atoms with Gasteiger partial charge in [0.1, 0.15) is 0 Å². The van der Waals surface area contributed by atoms with Crippen LogP contribution in [0.15, 0.2) is 28.7 Å². The lowest BCUT2D eigenvalue weighted by Gasteiger charge is -2.08. The fraction of sp³-hybridized carbons (Fsp3) is 0.429. The highest BCUT2D eigenvalue weighted by atomic mass is 35.5. The van der Waals surface area contributed by atoms with Crippen molar-refractivity contribution in [3.63, 3.8) is 0 Å². The second-order valence-electron chi connectivity index (χ2n) is 4.84. The van der Waals surface area contributed by atoms with E-state index in [0.29, 0.717) is 29.4 Å². The first-order valence-corrected chi connectivity index (χ1v) is 7.01. The van der Waals surface area contributed by atoms with Crippen molar-refractivity contribution >= 4 is 11.6 Å². The lowest BCUT2D eigenvalue weighted by molar-refractivity contribution is 0.440. The van der Waals surface area contributed by atoms with Crippen molar-refractivity contribution in [3.8, 4) is 11.5 Å². The Bertz CT molecular complexity index is 549. The third-order valence-electron chi connectivity index (χ3n) is 3.47. The van der Waals surface area contributed by atoms with Crippen LogP contribution in [0, 0.1) is 0 Å². The maximum atomic E-state index is 6.11. The van der Waals surface area contributed by atoms with Crippen molar-refractivity contribution < 1.29 is 4.42 Å². The van der Waals surface area contributed by atoms with Crippen molar-refractivity contribution in [1.29, 1.82) is 0 Å². The minimum absolute atomic E-state index is 0.480. The van der Waals surface area contributed by atoms with Crippen molar-refractivity contribution in [2.75, 3.05) is 0 Å². The van der Waals surface area contributed by atoms with Gasteiger partial charge in [0.05, 0.1) is 17.1 Å². The van der Waals surface area contributed by atoms with Crippen LogP contribution < -0.4 is 5.32 Å². The van der Waals surface area contributed by atoms with Gasteiger partial charge in [-0.15, -0.1) is 10.2 Å². The molecule has 1 fully saturated rings. The Kier molecular flexibility index (Phi) is 3.80. The molecule has 5 heteroatoms. The minimum Gasteiger partial charge on any atom is -0.419 e. The van der Waals surface area contributed by atoms with E-state index >= 15 is 0 Å². The average molecular weight is 278 g/mol. The molecule has 1 heterocycles. The lowest BCUT2D eigenvalue weighted by atomic mass is 10.2. The molecule has 0 bridgehead atoms. The van der Waals surface area contributed by atoms with Crippen molar-refractivity contribution in [1.82, 2.24) is 15.5 Å². The molecule has 0 aliphatic heterocycles. The zero-order valence-corrected chi connectivity index (χ0v) is 11.4. The Hall–Kier alpha value is -1.39. The predicted octanol–water partition coefficient (Wildman–Crippen LogP) is 3.42. The normalized spacial score (nSPS) is 16.1. The highest BCUT2D eigenvalue weighted by molar-refractivity contribution is 6.33. The van der Waals surface area contributed by atoms with Crippen LogP contribution in [0.5, 0.6) is 0 Å². The van der Waals surface area contributed by atoms with E-state index in [1.807, 2.05) is 24.3 Å². The number of nitrogens with zero attached hydrogens (tertiary/aromatic N) is 2. The summed E-state index contributed by atoms with van der Waals surface area (Å²) in [7, 11) is 0. The van der Waals surface area contributed by atoms with Gasteiger partial charge in [0.15, 0.2) is 0 Å². The molecule has 1 aromatic carbocycles. The number of aromatic nitrogens is 2. The SMILES string of the molecule is Clc1ccccc1-c1nnc(CNC2CCCC2)o1. The minimum atomic E-state index is 0.480. The smallest absolute Gasteiger partial charge is 0.249 e. The van der Waals surface area contributed by atoms with Crippen LogP contribution in [-0.4, -0.2) is 16.2 Å². The van der Waals surface area contributed by atoms with Crippen LogP contribution in [0.2, 0.25) is 5.02 Å². The van der Waals surface area contributed by atoms with Gasteiger partial charge in [-0.25, -0.2) is 0 Å². The van der Waals surface area contributed by atoms with Gasteiger partial charge < -0.3 is 9.73 Å². The molecular weight excluding hydrogens is 262 g/mol. The average Bonchev–Trinajstić information content (AvgIpc) is 3.08. The van der Waals surface area contributed by atoms with Crippen LogP contribution in [0.3, 0.4) is 0 Å². The molecule has 1 aliphatic rings. The quantitative estimate of drug-likeness (QED) is 0.930. The van der Waals surface area contributed by atoms with E-state index in [1.165, 1.54) is 25.7 Å². The Morgan fingerprint density at radius 1 is 1.21 bits per heavy atom. The third-order valence-corrected chi connectivity index (χ3v) is 3.80.